The Hall–Kier alpha value is -2.63. The number of ether oxygens (including phenoxy) is 1. The number of aromatic nitrogens is 2. The van der Waals surface area contributed by atoms with Crippen LogP contribution in [0.2, 0.25) is 0 Å². The van der Waals surface area contributed by atoms with Crippen molar-refractivity contribution < 1.29 is 14.3 Å². The van der Waals surface area contributed by atoms with Gasteiger partial charge in [0.05, 0.1) is 12.8 Å². The van der Waals surface area contributed by atoms with E-state index in [4.69, 9.17) is 4.74 Å². The van der Waals surface area contributed by atoms with E-state index in [1.807, 2.05) is 24.3 Å². The summed E-state index contributed by atoms with van der Waals surface area (Å²) in [4.78, 5) is 23.1. The predicted octanol–water partition coefficient (Wildman–Crippen LogP) is 1.98. The van der Waals surface area contributed by atoms with E-state index < -0.39 is 0 Å². The number of nitrogens with one attached hydrogen (secondary N) is 1. The summed E-state index contributed by atoms with van der Waals surface area (Å²) >= 11 is 0. The first-order chi connectivity index (χ1) is 10.5. The van der Waals surface area contributed by atoms with Crippen LogP contribution in [0.25, 0.3) is 5.69 Å². The zero-order valence-electron chi connectivity index (χ0n) is 12.9. The standard InChI is InChI=1S/C16H19N3O3/c1-11(10-12(2)20)17-16(21)15-8-9-19(18-15)13-4-6-14(22-3)7-5-13/h4-9,11H,10H2,1-3H3,(H,17,21)/t11-/m0/s1. The number of Topliss-reactive ketones (excluding diaryl/α,β-unsaturated/α-hetero) is 1. The molecule has 0 aliphatic heterocycles. The maximum Gasteiger partial charge on any atom is 0.272 e. The Bertz CT molecular complexity index is 662. The van der Waals surface area contributed by atoms with Crippen molar-refractivity contribution in [3.63, 3.8) is 0 Å². The van der Waals surface area contributed by atoms with Crippen LogP contribution in [0.3, 0.4) is 0 Å². The molecular weight excluding hydrogens is 282 g/mol. The maximum absolute atomic E-state index is 12.1. The molecule has 1 aromatic heterocycles. The number of hydrogen-bond donors (Lipinski definition) is 1. The molecule has 2 aromatic rings. The first-order valence-electron chi connectivity index (χ1n) is 7.00. The summed E-state index contributed by atoms with van der Waals surface area (Å²) in [6.07, 6.45) is 2.03. The van der Waals surface area contributed by atoms with E-state index in [1.54, 1.807) is 31.0 Å². The molecule has 0 fully saturated rings. The number of carbonyl (C=O) groups is 2. The molecule has 1 heterocycles. The van der Waals surface area contributed by atoms with Gasteiger partial charge in [0.1, 0.15) is 11.5 Å². The molecule has 0 saturated carbocycles. The van der Waals surface area contributed by atoms with E-state index in [2.05, 4.69) is 10.4 Å². The summed E-state index contributed by atoms with van der Waals surface area (Å²) in [5, 5.41) is 7.00. The molecule has 0 spiro atoms. The van der Waals surface area contributed by atoms with Gasteiger partial charge in [-0.1, -0.05) is 0 Å². The van der Waals surface area contributed by atoms with Crippen LogP contribution in [0, 0.1) is 0 Å². The summed E-state index contributed by atoms with van der Waals surface area (Å²) in [7, 11) is 1.60. The van der Waals surface area contributed by atoms with Gasteiger partial charge in [-0.05, 0) is 44.2 Å². The molecule has 0 aliphatic rings. The number of benzene rings is 1. The van der Waals surface area contributed by atoms with Crippen LogP contribution in [0.4, 0.5) is 0 Å². The molecule has 6 heteroatoms. The molecule has 116 valence electrons. The van der Waals surface area contributed by atoms with Gasteiger partial charge in [-0.3, -0.25) is 9.59 Å². The van der Waals surface area contributed by atoms with Gasteiger partial charge >= 0.3 is 0 Å². The number of amides is 1. The first-order valence-corrected chi connectivity index (χ1v) is 7.00. The molecule has 1 amide bonds. The molecule has 22 heavy (non-hydrogen) atoms. The molecule has 1 aromatic carbocycles. The summed E-state index contributed by atoms with van der Waals surface area (Å²) in [5.41, 5.74) is 1.14. The van der Waals surface area contributed by atoms with Crippen molar-refractivity contribution in [3.8, 4) is 11.4 Å². The first kappa shape index (κ1) is 15.8. The van der Waals surface area contributed by atoms with Crippen LogP contribution in [-0.4, -0.2) is 34.6 Å². The van der Waals surface area contributed by atoms with Crippen molar-refractivity contribution in [2.24, 2.45) is 0 Å². The molecule has 0 saturated heterocycles. The van der Waals surface area contributed by atoms with Crippen LogP contribution in [-0.2, 0) is 4.79 Å². The van der Waals surface area contributed by atoms with Crippen LogP contribution >= 0.6 is 0 Å². The van der Waals surface area contributed by atoms with E-state index in [9.17, 15) is 9.59 Å². The second-order valence-electron chi connectivity index (χ2n) is 5.12. The summed E-state index contributed by atoms with van der Waals surface area (Å²) in [6.45, 7) is 3.29. The maximum atomic E-state index is 12.1. The predicted molar refractivity (Wildman–Crippen MR) is 82.3 cm³/mol. The molecule has 0 aliphatic carbocycles. The number of methoxy groups -OCH3 is 1. The van der Waals surface area contributed by atoms with E-state index in [0.717, 1.165) is 11.4 Å². The van der Waals surface area contributed by atoms with Crippen LogP contribution < -0.4 is 10.1 Å². The molecular formula is C16H19N3O3. The summed E-state index contributed by atoms with van der Waals surface area (Å²) in [6, 6.07) is 8.78. The van der Waals surface area contributed by atoms with Gasteiger partial charge in [0.25, 0.3) is 5.91 Å². The summed E-state index contributed by atoms with van der Waals surface area (Å²) in [5.74, 6) is 0.504. The smallest absolute Gasteiger partial charge is 0.272 e. The molecule has 1 atom stereocenters. The van der Waals surface area contributed by atoms with Crippen LogP contribution in [0.15, 0.2) is 36.5 Å². The lowest BCUT2D eigenvalue weighted by Gasteiger charge is -2.10. The lowest BCUT2D eigenvalue weighted by atomic mass is 10.2. The van der Waals surface area contributed by atoms with Gasteiger partial charge < -0.3 is 10.1 Å². The van der Waals surface area contributed by atoms with Gasteiger partial charge in [-0.25, -0.2) is 4.68 Å². The van der Waals surface area contributed by atoms with Crippen molar-refractivity contribution in [1.82, 2.24) is 15.1 Å². The zero-order chi connectivity index (χ0) is 16.1. The average Bonchev–Trinajstić information content (AvgIpc) is 2.96. The third-order valence-electron chi connectivity index (χ3n) is 3.13. The van der Waals surface area contributed by atoms with Crippen molar-refractivity contribution in [1.29, 1.82) is 0 Å². The van der Waals surface area contributed by atoms with Crippen molar-refractivity contribution >= 4 is 11.7 Å². The number of ketones is 1. The second kappa shape index (κ2) is 6.89. The fourth-order valence-electron chi connectivity index (χ4n) is 2.10. The van der Waals surface area contributed by atoms with Crippen LogP contribution in [0.1, 0.15) is 30.8 Å². The Kier molecular flexibility index (Phi) is 4.93. The second-order valence-corrected chi connectivity index (χ2v) is 5.12. The Morgan fingerprint density at radius 2 is 1.95 bits per heavy atom. The monoisotopic (exact) mass is 301 g/mol. The zero-order valence-corrected chi connectivity index (χ0v) is 12.9. The largest absolute Gasteiger partial charge is 0.497 e. The molecule has 0 bridgehead atoms. The van der Waals surface area contributed by atoms with E-state index in [1.165, 1.54) is 6.92 Å². The number of carbonyl (C=O) groups excluding carboxylic acids is 2. The fourth-order valence-corrected chi connectivity index (χ4v) is 2.10. The van der Waals surface area contributed by atoms with Crippen molar-refractivity contribution in [2.75, 3.05) is 7.11 Å². The van der Waals surface area contributed by atoms with E-state index in [0.29, 0.717) is 12.1 Å². The number of hydrogen-bond acceptors (Lipinski definition) is 4. The van der Waals surface area contributed by atoms with Crippen LogP contribution in [0.5, 0.6) is 5.75 Å². The Labute approximate surface area is 129 Å². The van der Waals surface area contributed by atoms with E-state index >= 15 is 0 Å². The van der Waals surface area contributed by atoms with E-state index in [-0.39, 0.29) is 17.7 Å². The third kappa shape index (κ3) is 3.94. The molecule has 0 unspecified atom stereocenters. The molecule has 2 rings (SSSR count). The highest BCUT2D eigenvalue weighted by Gasteiger charge is 2.14. The van der Waals surface area contributed by atoms with Gasteiger partial charge in [0.2, 0.25) is 0 Å². The Morgan fingerprint density at radius 1 is 1.27 bits per heavy atom. The number of rotatable bonds is 6. The Morgan fingerprint density at radius 3 is 2.55 bits per heavy atom. The van der Waals surface area contributed by atoms with Gasteiger partial charge in [0, 0.05) is 18.7 Å². The van der Waals surface area contributed by atoms with Crippen molar-refractivity contribution in [3.05, 3.63) is 42.2 Å². The average molecular weight is 301 g/mol. The minimum absolute atomic E-state index is 0.0385. The Balaban J connectivity index is 2.06. The molecule has 0 radical (unpaired) electrons. The fraction of sp³-hybridized carbons (Fsp3) is 0.312. The van der Waals surface area contributed by atoms with Gasteiger partial charge in [-0.2, -0.15) is 5.10 Å². The summed E-state index contributed by atoms with van der Waals surface area (Å²) < 4.78 is 6.72. The molecule has 1 N–H and O–H groups in total. The minimum atomic E-state index is -0.291. The third-order valence-corrected chi connectivity index (χ3v) is 3.13. The van der Waals surface area contributed by atoms with Crippen molar-refractivity contribution in [2.45, 2.75) is 26.3 Å². The van der Waals surface area contributed by atoms with Gasteiger partial charge in [-0.15, -0.1) is 0 Å². The SMILES string of the molecule is COc1ccc(-n2ccc(C(=O)N[C@@H](C)CC(C)=O)n2)cc1. The number of nitrogens with zero attached hydrogens (tertiary/aromatic N) is 2. The quantitative estimate of drug-likeness (QED) is 0.885. The highest BCUT2D eigenvalue weighted by atomic mass is 16.5. The topological polar surface area (TPSA) is 73.2 Å². The lowest BCUT2D eigenvalue weighted by molar-refractivity contribution is -0.117. The highest BCUT2D eigenvalue weighted by molar-refractivity contribution is 5.92. The molecule has 6 nitrogen and oxygen atoms in total. The highest BCUT2D eigenvalue weighted by Crippen LogP contribution is 2.14. The lowest BCUT2D eigenvalue weighted by Crippen LogP contribution is -2.34. The van der Waals surface area contributed by atoms with Gasteiger partial charge in [0.15, 0.2) is 5.69 Å². The normalized spacial score (nSPS) is 11.8. The minimum Gasteiger partial charge on any atom is -0.497 e.